The summed E-state index contributed by atoms with van der Waals surface area (Å²) in [5, 5.41) is 0.181. The number of hydrogen-bond acceptors (Lipinski definition) is 3. The van der Waals surface area contributed by atoms with Gasteiger partial charge in [0.2, 0.25) is 0 Å². The van der Waals surface area contributed by atoms with Gasteiger partial charge in [0, 0.05) is 23.9 Å². The van der Waals surface area contributed by atoms with E-state index in [1.54, 1.807) is 0 Å². The van der Waals surface area contributed by atoms with Gasteiger partial charge in [-0.1, -0.05) is 39.3 Å². The number of ether oxygens (including phenoxy) is 1. The summed E-state index contributed by atoms with van der Waals surface area (Å²) in [7, 11) is -1.86. The van der Waals surface area contributed by atoms with Gasteiger partial charge in [0.15, 0.2) is 14.1 Å². The highest BCUT2D eigenvalue weighted by atomic mass is 28.4. The second-order valence-electron chi connectivity index (χ2n) is 10.1. The molecule has 1 saturated heterocycles. The first kappa shape index (κ1) is 19.1. The highest BCUT2D eigenvalue weighted by Crippen LogP contribution is 2.61. The summed E-state index contributed by atoms with van der Waals surface area (Å²) in [5.41, 5.74) is 2.32. The predicted molar refractivity (Wildman–Crippen MR) is 104 cm³/mol. The van der Waals surface area contributed by atoms with E-state index >= 15 is 0 Å². The van der Waals surface area contributed by atoms with Gasteiger partial charge in [-0.3, -0.25) is 4.79 Å². The maximum absolute atomic E-state index is 12.3. The lowest BCUT2D eigenvalue weighted by Crippen LogP contribution is -2.59. The Labute approximate surface area is 154 Å². The second kappa shape index (κ2) is 5.90. The van der Waals surface area contributed by atoms with E-state index < -0.39 is 8.32 Å². The molecule has 3 rings (SSSR count). The van der Waals surface area contributed by atoms with Gasteiger partial charge in [0.25, 0.3) is 0 Å². The lowest BCUT2D eigenvalue weighted by atomic mass is 9.53. The van der Waals surface area contributed by atoms with Crippen LogP contribution >= 0.6 is 0 Å². The zero-order valence-electron chi connectivity index (χ0n) is 17.0. The Bertz CT molecular complexity index is 640. The van der Waals surface area contributed by atoms with Crippen LogP contribution in [-0.4, -0.2) is 33.4 Å². The molecule has 0 bridgehead atoms. The SMILES string of the molecule is CC1=C[C@@H]2OCC3=CC(=O)C[C@]3(C)[C@@]2(CO[Si](C)(C)C(C)(C)C)CC1. The average molecular weight is 363 g/mol. The molecule has 3 nitrogen and oxygen atoms in total. The van der Waals surface area contributed by atoms with Crippen molar-refractivity contribution in [2.75, 3.05) is 13.2 Å². The summed E-state index contributed by atoms with van der Waals surface area (Å²) in [6.07, 6.45) is 6.90. The predicted octanol–water partition coefficient (Wildman–Crippen LogP) is 5.04. The van der Waals surface area contributed by atoms with Gasteiger partial charge < -0.3 is 9.16 Å². The van der Waals surface area contributed by atoms with Crippen molar-refractivity contribution in [3.05, 3.63) is 23.3 Å². The van der Waals surface area contributed by atoms with Gasteiger partial charge >= 0.3 is 0 Å². The van der Waals surface area contributed by atoms with E-state index in [4.69, 9.17) is 9.16 Å². The van der Waals surface area contributed by atoms with Crippen LogP contribution in [0.1, 0.15) is 53.9 Å². The maximum Gasteiger partial charge on any atom is 0.192 e. The number of allylic oxidation sites excluding steroid dienone is 2. The molecule has 25 heavy (non-hydrogen) atoms. The Morgan fingerprint density at radius 3 is 2.68 bits per heavy atom. The lowest BCUT2D eigenvalue weighted by molar-refractivity contribution is -0.139. The molecule has 0 amide bonds. The van der Waals surface area contributed by atoms with Crippen molar-refractivity contribution in [3.63, 3.8) is 0 Å². The van der Waals surface area contributed by atoms with Crippen LogP contribution in [0.4, 0.5) is 0 Å². The van der Waals surface area contributed by atoms with Gasteiger partial charge in [-0.25, -0.2) is 0 Å². The molecule has 0 unspecified atom stereocenters. The molecular weight excluding hydrogens is 328 g/mol. The van der Waals surface area contributed by atoms with E-state index in [1.807, 2.05) is 6.08 Å². The largest absolute Gasteiger partial charge is 0.416 e. The van der Waals surface area contributed by atoms with E-state index in [0.717, 1.165) is 12.8 Å². The van der Waals surface area contributed by atoms with Gasteiger partial charge in [-0.2, -0.15) is 0 Å². The van der Waals surface area contributed by atoms with Crippen LogP contribution in [0.15, 0.2) is 23.3 Å². The van der Waals surface area contributed by atoms with E-state index in [2.05, 4.69) is 53.8 Å². The molecule has 0 N–H and O–H groups in total. The van der Waals surface area contributed by atoms with Gasteiger partial charge in [-0.15, -0.1) is 0 Å². The van der Waals surface area contributed by atoms with Crippen LogP contribution in [0.5, 0.6) is 0 Å². The summed E-state index contributed by atoms with van der Waals surface area (Å²) >= 11 is 0. The fourth-order valence-corrected chi connectivity index (χ4v) is 5.49. The van der Waals surface area contributed by atoms with Crippen molar-refractivity contribution in [2.45, 2.75) is 78.1 Å². The monoisotopic (exact) mass is 362 g/mol. The van der Waals surface area contributed by atoms with E-state index in [-0.39, 0.29) is 27.8 Å². The minimum absolute atomic E-state index is 0.0547. The van der Waals surface area contributed by atoms with Crippen molar-refractivity contribution >= 4 is 14.1 Å². The standard InChI is InChI=1S/C21H34O3Si/c1-15-8-9-21(14-24-25(6,7)19(2,3)4)18(10-15)23-13-16-11-17(22)12-20(16,21)5/h10-11,18H,8-9,12-14H2,1-7H3/t18-,20-,21+/m0/s1. The number of fused-ring (bicyclic) bond motifs is 3. The van der Waals surface area contributed by atoms with Gasteiger partial charge in [0.05, 0.1) is 12.7 Å². The topological polar surface area (TPSA) is 35.5 Å². The molecule has 0 radical (unpaired) electrons. The Balaban J connectivity index is 1.98. The summed E-state index contributed by atoms with van der Waals surface area (Å²) in [4.78, 5) is 12.3. The highest BCUT2D eigenvalue weighted by Gasteiger charge is 2.61. The van der Waals surface area contributed by atoms with Crippen LogP contribution in [-0.2, 0) is 14.0 Å². The number of ketones is 1. The molecule has 0 aromatic heterocycles. The van der Waals surface area contributed by atoms with Crippen LogP contribution in [0, 0.1) is 10.8 Å². The molecule has 0 saturated carbocycles. The molecule has 1 heterocycles. The number of hydrogen-bond donors (Lipinski definition) is 0. The van der Waals surface area contributed by atoms with Crippen molar-refractivity contribution in [1.29, 1.82) is 0 Å². The Morgan fingerprint density at radius 2 is 2.04 bits per heavy atom. The summed E-state index contributed by atoms with van der Waals surface area (Å²) in [5.74, 6) is 0.250. The zero-order chi connectivity index (χ0) is 18.7. The minimum atomic E-state index is -1.86. The molecule has 3 atom stereocenters. The Hall–Kier alpha value is -0.713. The fourth-order valence-electron chi connectivity index (χ4n) is 4.44. The Morgan fingerprint density at radius 1 is 1.36 bits per heavy atom. The smallest absolute Gasteiger partial charge is 0.192 e. The number of rotatable bonds is 3. The average Bonchev–Trinajstić information content (AvgIpc) is 2.79. The highest BCUT2D eigenvalue weighted by molar-refractivity contribution is 6.74. The molecule has 1 fully saturated rings. The molecule has 140 valence electrons. The van der Waals surface area contributed by atoms with Crippen molar-refractivity contribution in [3.8, 4) is 0 Å². The van der Waals surface area contributed by atoms with E-state index in [0.29, 0.717) is 19.6 Å². The van der Waals surface area contributed by atoms with Crippen LogP contribution in [0.25, 0.3) is 0 Å². The second-order valence-corrected chi connectivity index (χ2v) is 14.9. The summed E-state index contributed by atoms with van der Waals surface area (Å²) < 4.78 is 13.0. The van der Waals surface area contributed by atoms with E-state index in [9.17, 15) is 4.79 Å². The van der Waals surface area contributed by atoms with Crippen LogP contribution in [0.3, 0.4) is 0 Å². The van der Waals surface area contributed by atoms with Crippen LogP contribution in [0.2, 0.25) is 18.1 Å². The van der Waals surface area contributed by atoms with Crippen molar-refractivity contribution in [2.24, 2.45) is 10.8 Å². The third kappa shape index (κ3) is 2.90. The third-order valence-electron chi connectivity index (χ3n) is 7.53. The molecule has 2 aliphatic carbocycles. The lowest BCUT2D eigenvalue weighted by Gasteiger charge is -2.57. The number of carbonyl (C=O) groups excluding carboxylic acids is 1. The molecule has 3 aliphatic rings. The normalized spacial score (nSPS) is 35.8. The molecule has 4 heteroatoms. The first-order valence-corrected chi connectivity index (χ1v) is 12.5. The third-order valence-corrected chi connectivity index (χ3v) is 12.0. The van der Waals surface area contributed by atoms with E-state index in [1.165, 1.54) is 11.1 Å². The van der Waals surface area contributed by atoms with Gasteiger partial charge in [0.1, 0.15) is 0 Å². The van der Waals surface area contributed by atoms with Gasteiger partial charge in [-0.05, 0) is 49.5 Å². The molecule has 0 spiro atoms. The quantitative estimate of drug-likeness (QED) is 0.521. The Kier molecular flexibility index (Phi) is 4.50. The molecule has 1 aliphatic heterocycles. The number of carbonyl (C=O) groups is 1. The molecule has 0 aromatic carbocycles. The van der Waals surface area contributed by atoms with Crippen LogP contribution < -0.4 is 0 Å². The summed E-state index contributed by atoms with van der Waals surface area (Å²) in [6.45, 7) is 17.2. The zero-order valence-corrected chi connectivity index (χ0v) is 18.0. The maximum atomic E-state index is 12.3. The van der Waals surface area contributed by atoms with Crippen molar-refractivity contribution in [1.82, 2.24) is 0 Å². The molecular formula is C21H34O3Si. The summed E-state index contributed by atoms with van der Waals surface area (Å²) in [6, 6.07) is 0. The first-order chi connectivity index (χ1) is 11.4. The molecule has 0 aromatic rings. The van der Waals surface area contributed by atoms with Crippen molar-refractivity contribution < 1.29 is 14.0 Å². The minimum Gasteiger partial charge on any atom is -0.416 e. The first-order valence-electron chi connectivity index (χ1n) is 9.58. The fraction of sp³-hybridized carbons (Fsp3) is 0.762.